The first kappa shape index (κ1) is 20.2. The fourth-order valence-corrected chi connectivity index (χ4v) is 2.88. The molecule has 2 aromatic rings. The monoisotopic (exact) mass is 452 g/mol. The summed E-state index contributed by atoms with van der Waals surface area (Å²) in [7, 11) is 0. The molecule has 0 radical (unpaired) electrons. The highest BCUT2D eigenvalue weighted by molar-refractivity contribution is 9.09. The van der Waals surface area contributed by atoms with Gasteiger partial charge in [0.2, 0.25) is 0 Å². The quantitative estimate of drug-likeness (QED) is 0.419. The van der Waals surface area contributed by atoms with Gasteiger partial charge in [-0.05, 0) is 18.2 Å². The van der Waals surface area contributed by atoms with Crippen molar-refractivity contribution in [2.45, 2.75) is 6.18 Å². The van der Waals surface area contributed by atoms with Crippen molar-refractivity contribution in [3.8, 4) is 0 Å². The molecule has 0 amide bonds. The van der Waals surface area contributed by atoms with E-state index >= 15 is 0 Å². The molecule has 1 aliphatic heterocycles. The van der Waals surface area contributed by atoms with Crippen LogP contribution in [0.1, 0.15) is 16.7 Å². The molecule has 0 aliphatic carbocycles. The van der Waals surface area contributed by atoms with E-state index < -0.39 is 11.7 Å². The molecule has 0 aromatic heterocycles. The van der Waals surface area contributed by atoms with Crippen LogP contribution < -0.4 is 5.43 Å². The molecule has 1 heterocycles. The van der Waals surface area contributed by atoms with Crippen LogP contribution in [0.15, 0.2) is 63.6 Å². The number of nitrogens with zero attached hydrogens (tertiary/aromatic N) is 3. The van der Waals surface area contributed by atoms with E-state index in [1.54, 1.807) is 24.3 Å². The van der Waals surface area contributed by atoms with Crippen LogP contribution in [0.2, 0.25) is 0 Å². The standard InChI is InChI=1S/C19H16BrF3N4O/c20-9-14(11-28)26-27-17-10-24-18(12-4-2-1-3-5-12)15-8-13(19(21,22)23)6-7-16(15)25-17/h1-8,28H,9-11H2,(H,25,27)/b26-14-. The SMILES string of the molecule is OC/C(CBr)=N\NC1=Nc2ccc(C(F)(F)F)cc2C(c2ccccc2)=NC1. The lowest BCUT2D eigenvalue weighted by Crippen LogP contribution is -2.23. The van der Waals surface area contributed by atoms with Gasteiger partial charge in [0.15, 0.2) is 0 Å². The lowest BCUT2D eigenvalue weighted by Gasteiger charge is -2.12. The zero-order valence-corrected chi connectivity index (χ0v) is 16.1. The van der Waals surface area contributed by atoms with Crippen molar-refractivity contribution >= 4 is 38.9 Å². The predicted octanol–water partition coefficient (Wildman–Crippen LogP) is 3.92. The first-order chi connectivity index (χ1) is 13.4. The number of nitrogens with one attached hydrogen (secondary N) is 1. The van der Waals surface area contributed by atoms with Crippen molar-refractivity contribution < 1.29 is 18.3 Å². The van der Waals surface area contributed by atoms with Gasteiger partial charge < -0.3 is 5.11 Å². The molecule has 0 bridgehead atoms. The lowest BCUT2D eigenvalue weighted by atomic mass is 9.98. The van der Waals surface area contributed by atoms with Gasteiger partial charge in [0.1, 0.15) is 5.84 Å². The van der Waals surface area contributed by atoms with Crippen molar-refractivity contribution in [2.75, 3.05) is 18.5 Å². The third-order valence-corrected chi connectivity index (χ3v) is 4.60. The predicted molar refractivity (Wildman–Crippen MR) is 107 cm³/mol. The number of aliphatic hydroxyl groups excluding tert-OH is 1. The molecule has 2 N–H and O–H groups in total. The third-order valence-electron chi connectivity index (χ3n) is 3.95. The molecule has 0 unspecified atom stereocenters. The van der Waals surface area contributed by atoms with Gasteiger partial charge in [0, 0.05) is 16.5 Å². The molecule has 9 heteroatoms. The number of aliphatic hydroxyl groups is 1. The van der Waals surface area contributed by atoms with Gasteiger partial charge in [-0.3, -0.25) is 10.4 Å². The van der Waals surface area contributed by atoms with E-state index in [1.165, 1.54) is 6.07 Å². The number of rotatable bonds is 4. The molecule has 1 aliphatic rings. The van der Waals surface area contributed by atoms with Gasteiger partial charge in [0.25, 0.3) is 0 Å². The molecule has 3 rings (SSSR count). The summed E-state index contributed by atoms with van der Waals surface area (Å²) < 4.78 is 39.7. The topological polar surface area (TPSA) is 69.3 Å². The Morgan fingerprint density at radius 3 is 2.57 bits per heavy atom. The minimum absolute atomic E-state index is 0.102. The van der Waals surface area contributed by atoms with E-state index in [9.17, 15) is 18.3 Å². The van der Waals surface area contributed by atoms with E-state index in [2.05, 4.69) is 36.4 Å². The zero-order chi connectivity index (χ0) is 20.1. The number of halogens is 4. The number of alkyl halides is 4. The second-order valence-electron chi connectivity index (χ2n) is 5.90. The minimum atomic E-state index is -4.47. The Labute approximate surface area is 167 Å². The third kappa shape index (κ3) is 4.66. The van der Waals surface area contributed by atoms with Gasteiger partial charge in [0.05, 0.1) is 35.8 Å². The van der Waals surface area contributed by atoms with Crippen LogP contribution in [0.25, 0.3) is 0 Å². The Morgan fingerprint density at radius 2 is 1.93 bits per heavy atom. The van der Waals surface area contributed by atoms with Gasteiger partial charge in [-0.2, -0.15) is 18.3 Å². The van der Waals surface area contributed by atoms with Gasteiger partial charge in [-0.25, -0.2) is 4.99 Å². The van der Waals surface area contributed by atoms with E-state index in [0.717, 1.165) is 12.1 Å². The number of benzene rings is 2. The maximum Gasteiger partial charge on any atom is 0.416 e. The molecule has 0 spiro atoms. The van der Waals surface area contributed by atoms with Crippen molar-refractivity contribution in [3.05, 3.63) is 65.2 Å². The fraction of sp³-hybridized carbons (Fsp3) is 0.211. The first-order valence-corrected chi connectivity index (χ1v) is 9.42. The highest BCUT2D eigenvalue weighted by Crippen LogP contribution is 2.34. The highest BCUT2D eigenvalue weighted by Gasteiger charge is 2.32. The molecular weight excluding hydrogens is 437 g/mol. The second-order valence-corrected chi connectivity index (χ2v) is 6.46. The Balaban J connectivity index is 2.08. The summed E-state index contributed by atoms with van der Waals surface area (Å²) in [5.41, 5.74) is 4.20. The maximum atomic E-state index is 13.2. The van der Waals surface area contributed by atoms with Gasteiger partial charge in [-0.15, -0.1) is 0 Å². The molecule has 28 heavy (non-hydrogen) atoms. The largest absolute Gasteiger partial charge is 0.416 e. The van der Waals surface area contributed by atoms with Crippen LogP contribution in [0.3, 0.4) is 0 Å². The first-order valence-electron chi connectivity index (χ1n) is 8.29. The van der Waals surface area contributed by atoms with Crippen LogP contribution in [-0.4, -0.2) is 40.8 Å². The van der Waals surface area contributed by atoms with Crippen molar-refractivity contribution in [3.63, 3.8) is 0 Å². The Bertz CT molecular complexity index is 934. The van der Waals surface area contributed by atoms with Crippen molar-refractivity contribution in [2.24, 2.45) is 15.1 Å². The summed E-state index contributed by atoms with van der Waals surface area (Å²) in [6.45, 7) is -0.139. The van der Waals surface area contributed by atoms with Gasteiger partial charge >= 0.3 is 6.18 Å². The van der Waals surface area contributed by atoms with Crippen LogP contribution in [-0.2, 0) is 6.18 Å². The summed E-state index contributed by atoms with van der Waals surface area (Å²) in [5, 5.41) is 13.6. The molecule has 0 atom stereocenters. The van der Waals surface area contributed by atoms with E-state index in [1.807, 2.05) is 6.07 Å². The number of amidine groups is 1. The number of fused-ring (bicyclic) bond motifs is 1. The average Bonchev–Trinajstić information content (AvgIpc) is 2.87. The summed E-state index contributed by atoms with van der Waals surface area (Å²) in [4.78, 5) is 8.88. The molecular formula is C19H16BrF3N4O. The molecule has 0 saturated heterocycles. The minimum Gasteiger partial charge on any atom is -0.390 e. The molecule has 5 nitrogen and oxygen atoms in total. The molecule has 2 aromatic carbocycles. The normalized spacial score (nSPS) is 14.7. The highest BCUT2D eigenvalue weighted by atomic mass is 79.9. The Morgan fingerprint density at radius 1 is 1.18 bits per heavy atom. The van der Waals surface area contributed by atoms with Crippen molar-refractivity contribution in [1.82, 2.24) is 5.43 Å². The van der Waals surface area contributed by atoms with Crippen molar-refractivity contribution in [1.29, 1.82) is 0 Å². The molecule has 0 fully saturated rings. The maximum absolute atomic E-state index is 13.2. The average molecular weight is 453 g/mol. The summed E-state index contributed by atoms with van der Waals surface area (Å²) in [6, 6.07) is 12.4. The van der Waals surface area contributed by atoms with E-state index in [-0.39, 0.29) is 13.2 Å². The summed E-state index contributed by atoms with van der Waals surface area (Å²) in [6.07, 6.45) is -4.47. The number of aliphatic imine (C=N–C) groups is 2. The smallest absolute Gasteiger partial charge is 0.390 e. The molecule has 0 saturated carbocycles. The zero-order valence-electron chi connectivity index (χ0n) is 14.5. The number of hydrogen-bond acceptors (Lipinski definition) is 5. The van der Waals surface area contributed by atoms with Gasteiger partial charge in [-0.1, -0.05) is 46.3 Å². The Kier molecular flexibility index (Phi) is 6.25. The lowest BCUT2D eigenvalue weighted by molar-refractivity contribution is -0.137. The second kappa shape index (κ2) is 8.66. The van der Waals surface area contributed by atoms with Crippen LogP contribution >= 0.6 is 15.9 Å². The van der Waals surface area contributed by atoms with Crippen LogP contribution in [0, 0.1) is 0 Å². The van der Waals surface area contributed by atoms with E-state index in [0.29, 0.717) is 39.4 Å². The van der Waals surface area contributed by atoms with E-state index in [4.69, 9.17) is 0 Å². The number of hydrazone groups is 1. The molecule has 146 valence electrons. The van der Waals surface area contributed by atoms with Crippen LogP contribution in [0.5, 0.6) is 0 Å². The summed E-state index contributed by atoms with van der Waals surface area (Å²) >= 11 is 3.20. The summed E-state index contributed by atoms with van der Waals surface area (Å²) in [5.74, 6) is 0.360. The Hall–Kier alpha value is -2.52. The van der Waals surface area contributed by atoms with Crippen LogP contribution in [0.4, 0.5) is 18.9 Å². The number of hydrogen-bond donors (Lipinski definition) is 2. The fourth-order valence-electron chi connectivity index (χ4n) is 2.57.